The van der Waals surface area contributed by atoms with Gasteiger partial charge in [0.15, 0.2) is 11.6 Å². The van der Waals surface area contributed by atoms with Gasteiger partial charge in [0.1, 0.15) is 35.6 Å². The van der Waals surface area contributed by atoms with Crippen LogP contribution in [0.5, 0.6) is 17.2 Å². The Balaban J connectivity index is 1.46. The van der Waals surface area contributed by atoms with Gasteiger partial charge in [-0.1, -0.05) is 36.4 Å². The maximum atomic E-state index is 14.8. The van der Waals surface area contributed by atoms with Gasteiger partial charge in [-0.05, 0) is 78.9 Å². The van der Waals surface area contributed by atoms with Crippen molar-refractivity contribution in [2.45, 2.75) is 69.9 Å². The third kappa shape index (κ3) is 5.63. The Bertz CT molecular complexity index is 2040. The lowest BCUT2D eigenvalue weighted by Crippen LogP contribution is -2.58. The second-order valence-electron chi connectivity index (χ2n) is 13.0. The van der Waals surface area contributed by atoms with Crippen LogP contribution in [0.15, 0.2) is 54.6 Å². The van der Waals surface area contributed by atoms with E-state index in [1.165, 1.54) is 26.0 Å². The number of hydrogen-bond donors (Lipinski definition) is 6. The van der Waals surface area contributed by atoms with E-state index >= 15 is 0 Å². The molecule has 0 radical (unpaired) electrons. The molecule has 50 heavy (non-hydrogen) atoms. The van der Waals surface area contributed by atoms with Gasteiger partial charge >= 0.3 is 5.97 Å². The van der Waals surface area contributed by atoms with Gasteiger partial charge in [0.05, 0.1) is 18.3 Å². The summed E-state index contributed by atoms with van der Waals surface area (Å²) < 4.78 is 17.5. The van der Waals surface area contributed by atoms with Crippen LogP contribution in [0.1, 0.15) is 75.6 Å². The lowest BCUT2D eigenvalue weighted by Gasteiger charge is -2.39. The Morgan fingerprint density at radius 3 is 2.28 bits per heavy atom. The molecule has 7 rings (SSSR count). The van der Waals surface area contributed by atoms with Crippen molar-refractivity contribution in [1.82, 2.24) is 5.32 Å². The van der Waals surface area contributed by atoms with Crippen molar-refractivity contribution < 1.29 is 54.1 Å². The molecule has 0 spiro atoms. The summed E-state index contributed by atoms with van der Waals surface area (Å²) in [6, 6.07) is 15.6. The predicted molar refractivity (Wildman–Crippen MR) is 179 cm³/mol. The molecular weight excluding hydrogens is 646 g/mol. The minimum Gasteiger partial charge on any atom is -0.507 e. The van der Waals surface area contributed by atoms with E-state index in [4.69, 9.17) is 14.2 Å². The Kier molecular flexibility index (Phi) is 8.93. The van der Waals surface area contributed by atoms with Crippen LogP contribution < -0.4 is 14.8 Å². The number of aliphatic hydroxyl groups excluding tert-OH is 4. The maximum absolute atomic E-state index is 14.8. The zero-order valence-electron chi connectivity index (χ0n) is 27.4. The number of fused-ring (bicyclic) bond motifs is 3. The fourth-order valence-corrected chi connectivity index (χ4v) is 7.36. The van der Waals surface area contributed by atoms with Gasteiger partial charge in [0, 0.05) is 34.7 Å². The van der Waals surface area contributed by atoms with E-state index in [1.807, 2.05) is 30.3 Å². The van der Waals surface area contributed by atoms with Gasteiger partial charge in [0.25, 0.3) is 0 Å². The van der Waals surface area contributed by atoms with Crippen molar-refractivity contribution in [2.24, 2.45) is 0 Å². The number of hydrogen-bond acceptors (Lipinski definition) is 12. The molecule has 3 aliphatic rings. The van der Waals surface area contributed by atoms with Crippen molar-refractivity contribution in [3.8, 4) is 28.4 Å². The van der Waals surface area contributed by atoms with Crippen LogP contribution >= 0.6 is 0 Å². The first kappa shape index (κ1) is 33.8. The largest absolute Gasteiger partial charge is 0.507 e. The number of carbonyl (C=O) groups excluding carboxylic acids is 3. The molecule has 2 heterocycles. The molecule has 6 N–H and O–H groups in total. The minimum absolute atomic E-state index is 0.0348. The van der Waals surface area contributed by atoms with Crippen LogP contribution in [-0.4, -0.2) is 86.9 Å². The van der Waals surface area contributed by atoms with Crippen LogP contribution in [0.2, 0.25) is 0 Å². The fourth-order valence-electron chi connectivity index (χ4n) is 7.36. The molecule has 0 unspecified atom stereocenters. The summed E-state index contributed by atoms with van der Waals surface area (Å²) in [7, 11) is 0. The molecule has 0 saturated carbocycles. The molecular formula is C38H37NO11. The van der Waals surface area contributed by atoms with Gasteiger partial charge in [-0.3, -0.25) is 14.4 Å². The molecule has 0 bridgehead atoms. The number of ketones is 2. The van der Waals surface area contributed by atoms with E-state index in [0.29, 0.717) is 31.5 Å². The van der Waals surface area contributed by atoms with E-state index < -0.39 is 60.6 Å². The van der Waals surface area contributed by atoms with E-state index in [0.717, 1.165) is 10.8 Å². The molecule has 260 valence electrons. The number of ether oxygens (including phenoxy) is 3. The Morgan fingerprint density at radius 1 is 0.860 bits per heavy atom. The third-order valence-corrected chi connectivity index (χ3v) is 9.86. The predicted octanol–water partition coefficient (Wildman–Crippen LogP) is 3.08. The van der Waals surface area contributed by atoms with Crippen molar-refractivity contribution in [1.29, 1.82) is 0 Å². The van der Waals surface area contributed by atoms with Crippen LogP contribution in [0.3, 0.4) is 0 Å². The van der Waals surface area contributed by atoms with E-state index in [1.54, 1.807) is 12.1 Å². The maximum Gasteiger partial charge on any atom is 0.308 e. The van der Waals surface area contributed by atoms with E-state index in [9.17, 15) is 39.9 Å². The van der Waals surface area contributed by atoms with Gasteiger partial charge < -0.3 is 45.1 Å². The molecule has 0 amide bonds. The molecule has 5 atom stereocenters. The van der Waals surface area contributed by atoms with Gasteiger partial charge in [0.2, 0.25) is 6.29 Å². The Labute approximate surface area is 286 Å². The summed E-state index contributed by atoms with van der Waals surface area (Å²) >= 11 is 0. The average molecular weight is 684 g/mol. The SMILES string of the molecule is CC(=O)Oc1cc(CO)c2c(c1-c1ccc3ccccc3c1)C(=O)c1cc(O[C@H]3O[C@H](C)[C@@H](O)[C@@H](O)[C@H]3O)c(C3CCNCC3)c(O)c1C2=O. The summed E-state index contributed by atoms with van der Waals surface area (Å²) in [4.78, 5) is 41.7. The number of carbonyl (C=O) groups is 3. The highest BCUT2D eigenvalue weighted by Gasteiger charge is 2.45. The Morgan fingerprint density at radius 2 is 1.58 bits per heavy atom. The third-order valence-electron chi connectivity index (χ3n) is 9.86. The number of rotatable bonds is 6. The quantitative estimate of drug-likeness (QED) is 0.113. The molecule has 2 fully saturated rings. The second kappa shape index (κ2) is 13.2. The van der Waals surface area contributed by atoms with Gasteiger partial charge in [-0.2, -0.15) is 0 Å². The lowest BCUT2D eigenvalue weighted by atomic mass is 9.75. The molecule has 0 aromatic heterocycles. The number of aromatic hydroxyl groups is 1. The van der Waals surface area contributed by atoms with Crippen molar-refractivity contribution in [3.05, 3.63) is 88.0 Å². The van der Waals surface area contributed by atoms with Gasteiger partial charge in [-0.25, -0.2) is 0 Å². The number of phenols is 1. The number of aliphatic hydroxyl groups is 4. The molecule has 12 nitrogen and oxygen atoms in total. The molecule has 12 heteroatoms. The molecule has 1 aliphatic carbocycles. The number of benzene rings is 4. The minimum atomic E-state index is -1.68. The topological polar surface area (TPSA) is 192 Å². The highest BCUT2D eigenvalue weighted by atomic mass is 16.7. The van der Waals surface area contributed by atoms with Crippen LogP contribution in [0.25, 0.3) is 21.9 Å². The van der Waals surface area contributed by atoms with Crippen LogP contribution in [-0.2, 0) is 16.1 Å². The average Bonchev–Trinajstić information content (AvgIpc) is 3.11. The monoisotopic (exact) mass is 683 g/mol. The van der Waals surface area contributed by atoms with Crippen LogP contribution in [0.4, 0.5) is 0 Å². The summed E-state index contributed by atoms with van der Waals surface area (Å²) in [6.45, 7) is 3.23. The van der Waals surface area contributed by atoms with Crippen LogP contribution in [0, 0.1) is 0 Å². The fraction of sp³-hybridized carbons (Fsp3) is 0.342. The standard InChI is InChI=1S/C38H37NO11/c1-17-32(42)36(46)37(47)38(48-17)50-26-15-24-30(34(44)28(26)20-9-11-39-12-10-20)35(45)29-23(16-40)14-25(49-18(2)41)27(31(29)33(24)43)22-8-7-19-5-3-4-6-21(19)13-22/h3-8,13-15,17,20,32,36-40,42,44,46-47H,9-12,16H2,1-2H3/t17-,32-,36-,37-,38-/m1/s1. The van der Waals surface area contributed by atoms with Crippen molar-refractivity contribution >= 4 is 28.3 Å². The summed E-state index contributed by atoms with van der Waals surface area (Å²) in [5.74, 6) is -2.98. The summed E-state index contributed by atoms with van der Waals surface area (Å²) in [5, 5.41) is 59.0. The number of nitrogens with one attached hydrogen (secondary N) is 1. The molecule has 4 aromatic carbocycles. The van der Waals surface area contributed by atoms with Crippen molar-refractivity contribution in [3.63, 3.8) is 0 Å². The number of phenolic OH excluding ortho intramolecular Hbond substituents is 1. The first-order valence-electron chi connectivity index (χ1n) is 16.5. The number of piperidine rings is 1. The highest BCUT2D eigenvalue weighted by Crippen LogP contribution is 2.49. The highest BCUT2D eigenvalue weighted by molar-refractivity contribution is 6.32. The smallest absolute Gasteiger partial charge is 0.308 e. The van der Waals surface area contributed by atoms with Gasteiger partial charge in [-0.15, -0.1) is 0 Å². The number of esters is 1. The van der Waals surface area contributed by atoms with E-state index in [-0.39, 0.29) is 56.4 Å². The first-order chi connectivity index (χ1) is 24.0. The summed E-state index contributed by atoms with van der Waals surface area (Å²) in [5.41, 5.74) is 0.169. The molecule has 2 aliphatic heterocycles. The zero-order chi connectivity index (χ0) is 35.4. The first-order valence-corrected chi connectivity index (χ1v) is 16.5. The summed E-state index contributed by atoms with van der Waals surface area (Å²) in [6.07, 6.45) is -6.00. The Hall–Kier alpha value is -4.69. The molecule has 2 saturated heterocycles. The van der Waals surface area contributed by atoms with E-state index in [2.05, 4.69) is 5.32 Å². The second-order valence-corrected chi connectivity index (χ2v) is 13.0. The molecule has 4 aromatic rings. The zero-order valence-corrected chi connectivity index (χ0v) is 27.4. The lowest BCUT2D eigenvalue weighted by molar-refractivity contribution is -0.268. The normalized spacial score (nSPS) is 23.8. The van der Waals surface area contributed by atoms with Crippen molar-refractivity contribution in [2.75, 3.05) is 13.1 Å².